The van der Waals surface area contributed by atoms with Crippen molar-refractivity contribution in [2.75, 3.05) is 13.6 Å². The van der Waals surface area contributed by atoms with E-state index < -0.39 is 0 Å². The maximum atomic E-state index is 13.8. The van der Waals surface area contributed by atoms with E-state index in [1.807, 2.05) is 19.2 Å². The number of nitrogens with one attached hydrogen (secondary N) is 1. The third kappa shape index (κ3) is 3.40. The second-order valence-corrected chi connectivity index (χ2v) is 5.23. The first kappa shape index (κ1) is 13.2. The lowest BCUT2D eigenvalue weighted by Gasteiger charge is -2.17. The number of aryl methyl sites for hydroxylation is 1. The summed E-state index contributed by atoms with van der Waals surface area (Å²) < 4.78 is 13.8. The smallest absolute Gasteiger partial charge is 0.126 e. The summed E-state index contributed by atoms with van der Waals surface area (Å²) in [5.41, 5.74) is 2.17. The predicted octanol–water partition coefficient (Wildman–Crippen LogP) is 3.82. The average molecular weight is 263 g/mol. The van der Waals surface area contributed by atoms with Gasteiger partial charge in [0.1, 0.15) is 5.82 Å². The number of halogens is 1. The van der Waals surface area contributed by atoms with Crippen molar-refractivity contribution in [2.24, 2.45) is 0 Å². The number of hydrogen-bond acceptors (Lipinski definition) is 2. The second kappa shape index (κ2) is 6.66. The molecule has 0 aliphatic heterocycles. The van der Waals surface area contributed by atoms with Gasteiger partial charge in [0.2, 0.25) is 0 Å². The molecule has 1 aromatic heterocycles. The maximum Gasteiger partial charge on any atom is 0.126 e. The Morgan fingerprint density at radius 1 is 1.28 bits per heavy atom. The molecule has 0 spiro atoms. The molecule has 0 bridgehead atoms. The lowest BCUT2D eigenvalue weighted by atomic mass is 9.92. The van der Waals surface area contributed by atoms with Crippen LogP contribution in [0.1, 0.15) is 23.5 Å². The number of hydrogen-bond donors (Lipinski definition) is 1. The summed E-state index contributed by atoms with van der Waals surface area (Å²) in [5.74, 6) is 0.138. The zero-order chi connectivity index (χ0) is 12.8. The number of likely N-dealkylation sites (N-methyl/N-ethyl adjacent to an activating group) is 1. The van der Waals surface area contributed by atoms with Crippen LogP contribution in [0.2, 0.25) is 0 Å². The van der Waals surface area contributed by atoms with E-state index in [0.717, 1.165) is 24.9 Å². The zero-order valence-electron chi connectivity index (χ0n) is 10.5. The van der Waals surface area contributed by atoms with Crippen LogP contribution >= 0.6 is 11.3 Å². The molecular weight excluding hydrogens is 245 g/mol. The van der Waals surface area contributed by atoms with E-state index in [-0.39, 0.29) is 11.7 Å². The van der Waals surface area contributed by atoms with Gasteiger partial charge in [-0.05, 0) is 59.8 Å². The molecule has 0 fully saturated rings. The zero-order valence-corrected chi connectivity index (χ0v) is 11.3. The van der Waals surface area contributed by atoms with Gasteiger partial charge in [0.15, 0.2) is 0 Å². The van der Waals surface area contributed by atoms with Gasteiger partial charge in [-0.2, -0.15) is 11.3 Å². The summed E-state index contributed by atoms with van der Waals surface area (Å²) >= 11 is 1.71. The molecule has 96 valence electrons. The fraction of sp³-hybridized carbons (Fsp3) is 0.333. The minimum Gasteiger partial charge on any atom is -0.319 e. The van der Waals surface area contributed by atoms with Crippen LogP contribution in [0, 0.1) is 5.82 Å². The van der Waals surface area contributed by atoms with E-state index in [9.17, 15) is 4.39 Å². The standard InChI is InChI=1S/C15H18FNS/c1-17-10-13(7-6-12-8-9-18-11-12)14-4-2-3-5-15(14)16/h2-5,8-9,11,13,17H,6-7,10H2,1H3. The molecule has 18 heavy (non-hydrogen) atoms. The monoisotopic (exact) mass is 263 g/mol. The van der Waals surface area contributed by atoms with Crippen LogP contribution in [-0.2, 0) is 6.42 Å². The normalized spacial score (nSPS) is 12.6. The van der Waals surface area contributed by atoms with Crippen molar-refractivity contribution in [3.8, 4) is 0 Å². The summed E-state index contributed by atoms with van der Waals surface area (Å²) in [4.78, 5) is 0. The van der Waals surface area contributed by atoms with Gasteiger partial charge in [-0.3, -0.25) is 0 Å². The Morgan fingerprint density at radius 2 is 2.11 bits per heavy atom. The summed E-state index contributed by atoms with van der Waals surface area (Å²) in [6, 6.07) is 9.23. The Kier molecular flexibility index (Phi) is 4.90. The lowest BCUT2D eigenvalue weighted by Crippen LogP contribution is -2.18. The van der Waals surface area contributed by atoms with Gasteiger partial charge in [-0.25, -0.2) is 4.39 Å². The third-order valence-electron chi connectivity index (χ3n) is 3.16. The van der Waals surface area contributed by atoms with Crippen molar-refractivity contribution in [2.45, 2.75) is 18.8 Å². The first-order chi connectivity index (χ1) is 8.81. The van der Waals surface area contributed by atoms with E-state index in [4.69, 9.17) is 0 Å². The molecule has 0 aliphatic carbocycles. The molecule has 1 N–H and O–H groups in total. The highest BCUT2D eigenvalue weighted by Crippen LogP contribution is 2.24. The first-order valence-corrected chi connectivity index (χ1v) is 7.15. The van der Waals surface area contributed by atoms with Gasteiger partial charge < -0.3 is 5.32 Å². The molecular formula is C15H18FNS. The minimum absolute atomic E-state index is 0.0944. The molecule has 0 amide bonds. The van der Waals surface area contributed by atoms with E-state index >= 15 is 0 Å². The van der Waals surface area contributed by atoms with E-state index in [0.29, 0.717) is 0 Å². The maximum absolute atomic E-state index is 13.8. The number of thiophene rings is 1. The highest BCUT2D eigenvalue weighted by molar-refractivity contribution is 7.07. The summed E-state index contributed by atoms with van der Waals surface area (Å²) in [7, 11) is 1.92. The van der Waals surface area contributed by atoms with Crippen molar-refractivity contribution in [1.29, 1.82) is 0 Å². The number of benzene rings is 1. The lowest BCUT2D eigenvalue weighted by molar-refractivity contribution is 0.535. The van der Waals surface area contributed by atoms with E-state index in [2.05, 4.69) is 22.1 Å². The largest absolute Gasteiger partial charge is 0.319 e. The van der Waals surface area contributed by atoms with Crippen LogP contribution in [0.4, 0.5) is 4.39 Å². The first-order valence-electron chi connectivity index (χ1n) is 6.21. The molecule has 0 saturated heterocycles. The van der Waals surface area contributed by atoms with Crippen molar-refractivity contribution in [3.63, 3.8) is 0 Å². The third-order valence-corrected chi connectivity index (χ3v) is 3.89. The molecule has 0 aliphatic rings. The summed E-state index contributed by atoms with van der Waals surface area (Å²) in [5, 5.41) is 7.41. The Morgan fingerprint density at radius 3 is 2.78 bits per heavy atom. The van der Waals surface area contributed by atoms with Gasteiger partial charge in [-0.15, -0.1) is 0 Å². The molecule has 2 rings (SSSR count). The van der Waals surface area contributed by atoms with Crippen LogP contribution in [-0.4, -0.2) is 13.6 Å². The Bertz CT molecular complexity index is 467. The summed E-state index contributed by atoms with van der Waals surface area (Å²) in [6.45, 7) is 0.811. The van der Waals surface area contributed by atoms with Gasteiger partial charge in [0, 0.05) is 6.54 Å². The molecule has 1 unspecified atom stereocenters. The predicted molar refractivity (Wildman–Crippen MR) is 75.7 cm³/mol. The molecule has 1 aromatic carbocycles. The molecule has 1 heterocycles. The topological polar surface area (TPSA) is 12.0 Å². The van der Waals surface area contributed by atoms with Crippen LogP contribution in [0.25, 0.3) is 0 Å². The van der Waals surface area contributed by atoms with Crippen LogP contribution in [0.5, 0.6) is 0 Å². The van der Waals surface area contributed by atoms with Crippen molar-refractivity contribution in [1.82, 2.24) is 5.32 Å². The average Bonchev–Trinajstić information content (AvgIpc) is 2.88. The van der Waals surface area contributed by atoms with Crippen LogP contribution in [0.3, 0.4) is 0 Å². The van der Waals surface area contributed by atoms with Gasteiger partial charge in [0.25, 0.3) is 0 Å². The van der Waals surface area contributed by atoms with Crippen LogP contribution in [0.15, 0.2) is 41.1 Å². The minimum atomic E-state index is -0.0944. The Labute approximate surface area is 112 Å². The molecule has 2 aromatic rings. The quantitative estimate of drug-likeness (QED) is 0.835. The van der Waals surface area contributed by atoms with Crippen molar-refractivity contribution < 1.29 is 4.39 Å². The van der Waals surface area contributed by atoms with Crippen molar-refractivity contribution in [3.05, 3.63) is 58.0 Å². The summed E-state index contributed by atoms with van der Waals surface area (Å²) in [6.07, 6.45) is 1.97. The SMILES string of the molecule is CNCC(CCc1ccsc1)c1ccccc1F. The molecule has 1 nitrogen and oxygen atoms in total. The van der Waals surface area contributed by atoms with E-state index in [1.54, 1.807) is 23.5 Å². The van der Waals surface area contributed by atoms with Crippen molar-refractivity contribution >= 4 is 11.3 Å². The highest BCUT2D eigenvalue weighted by Gasteiger charge is 2.14. The number of rotatable bonds is 6. The van der Waals surface area contributed by atoms with E-state index in [1.165, 1.54) is 5.56 Å². The molecule has 0 saturated carbocycles. The van der Waals surface area contributed by atoms with Crippen LogP contribution < -0.4 is 5.32 Å². The molecule has 3 heteroatoms. The second-order valence-electron chi connectivity index (χ2n) is 4.45. The fourth-order valence-corrected chi connectivity index (χ4v) is 2.90. The fourth-order valence-electron chi connectivity index (χ4n) is 2.20. The highest BCUT2D eigenvalue weighted by atomic mass is 32.1. The Hall–Kier alpha value is -1.19. The van der Waals surface area contributed by atoms with Gasteiger partial charge in [0.05, 0.1) is 0 Å². The molecule has 0 radical (unpaired) electrons. The molecule has 1 atom stereocenters. The van der Waals surface area contributed by atoms with Gasteiger partial charge in [-0.1, -0.05) is 18.2 Å². The van der Waals surface area contributed by atoms with Gasteiger partial charge >= 0.3 is 0 Å². The Balaban J connectivity index is 2.06.